The maximum Gasteiger partial charge on any atom is 0.302 e. The first kappa shape index (κ1) is 13.4. The van der Waals surface area contributed by atoms with Gasteiger partial charge in [0.15, 0.2) is 0 Å². The summed E-state index contributed by atoms with van der Waals surface area (Å²) in [4.78, 5) is 10.4. The average molecular weight is 224 g/mol. The summed E-state index contributed by atoms with van der Waals surface area (Å²) < 4.78 is 31.8. The van der Waals surface area contributed by atoms with E-state index in [0.29, 0.717) is 6.42 Å². The standard InChI is InChI=1S/C8H16O5S/c1-4-5-13-14(10,11)7(2)6-12-8(3)9/h7H,4-6H2,1-3H3. The van der Waals surface area contributed by atoms with Gasteiger partial charge in [0.05, 0.1) is 6.61 Å². The monoisotopic (exact) mass is 224 g/mol. The lowest BCUT2D eigenvalue weighted by Crippen LogP contribution is -2.26. The van der Waals surface area contributed by atoms with Gasteiger partial charge in [0.2, 0.25) is 0 Å². The van der Waals surface area contributed by atoms with E-state index < -0.39 is 21.3 Å². The summed E-state index contributed by atoms with van der Waals surface area (Å²) in [5.41, 5.74) is 0. The largest absolute Gasteiger partial charge is 0.464 e. The lowest BCUT2D eigenvalue weighted by molar-refractivity contribution is -0.140. The molecule has 0 aliphatic heterocycles. The molecule has 5 nitrogen and oxygen atoms in total. The highest BCUT2D eigenvalue weighted by molar-refractivity contribution is 7.87. The summed E-state index contributed by atoms with van der Waals surface area (Å²) in [7, 11) is -3.60. The van der Waals surface area contributed by atoms with Crippen LogP contribution >= 0.6 is 0 Å². The SMILES string of the molecule is CCCOS(=O)(=O)C(C)COC(C)=O. The molecule has 0 aliphatic rings. The van der Waals surface area contributed by atoms with Crippen molar-refractivity contribution in [2.24, 2.45) is 0 Å². The van der Waals surface area contributed by atoms with Crippen molar-refractivity contribution in [3.05, 3.63) is 0 Å². The fourth-order valence-electron chi connectivity index (χ4n) is 0.634. The normalized spacial score (nSPS) is 13.6. The third kappa shape index (κ3) is 5.18. The zero-order valence-corrected chi connectivity index (χ0v) is 9.46. The van der Waals surface area contributed by atoms with Crippen molar-refractivity contribution in [3.63, 3.8) is 0 Å². The van der Waals surface area contributed by atoms with Crippen molar-refractivity contribution in [1.29, 1.82) is 0 Å². The summed E-state index contributed by atoms with van der Waals surface area (Å²) in [6, 6.07) is 0. The molecule has 6 heteroatoms. The maximum absolute atomic E-state index is 11.3. The topological polar surface area (TPSA) is 69.7 Å². The predicted molar refractivity (Wildman–Crippen MR) is 51.3 cm³/mol. The molecule has 84 valence electrons. The van der Waals surface area contributed by atoms with Crippen molar-refractivity contribution >= 4 is 16.1 Å². The summed E-state index contributed by atoms with van der Waals surface area (Å²) in [6.45, 7) is 4.47. The molecule has 0 aliphatic carbocycles. The summed E-state index contributed by atoms with van der Waals surface area (Å²) >= 11 is 0. The molecule has 0 aromatic carbocycles. The van der Waals surface area contributed by atoms with Gasteiger partial charge in [-0.3, -0.25) is 8.98 Å². The summed E-state index contributed by atoms with van der Waals surface area (Å²) in [5.74, 6) is -0.498. The lowest BCUT2D eigenvalue weighted by atomic mass is 10.5. The first-order valence-electron chi connectivity index (χ1n) is 4.41. The molecule has 0 fully saturated rings. The Kier molecular flexibility index (Phi) is 5.71. The molecule has 0 rings (SSSR count). The Bertz CT molecular complexity index is 269. The van der Waals surface area contributed by atoms with Gasteiger partial charge in [-0.25, -0.2) is 0 Å². The molecule has 0 bridgehead atoms. The van der Waals surface area contributed by atoms with E-state index >= 15 is 0 Å². The van der Waals surface area contributed by atoms with E-state index in [1.165, 1.54) is 13.8 Å². The Morgan fingerprint density at radius 1 is 1.43 bits per heavy atom. The Morgan fingerprint density at radius 2 is 2.00 bits per heavy atom. The van der Waals surface area contributed by atoms with Crippen LogP contribution in [0, 0.1) is 0 Å². The van der Waals surface area contributed by atoms with Crippen molar-refractivity contribution in [2.45, 2.75) is 32.4 Å². The van der Waals surface area contributed by atoms with Crippen molar-refractivity contribution < 1.29 is 22.1 Å². The van der Waals surface area contributed by atoms with Gasteiger partial charge in [-0.15, -0.1) is 0 Å². The summed E-state index contributed by atoms with van der Waals surface area (Å²) in [6.07, 6.45) is 0.625. The van der Waals surface area contributed by atoms with Crippen molar-refractivity contribution in [2.75, 3.05) is 13.2 Å². The molecule has 0 radical (unpaired) electrons. The molecular weight excluding hydrogens is 208 g/mol. The number of ether oxygens (including phenoxy) is 1. The first-order valence-corrected chi connectivity index (χ1v) is 5.89. The molecule has 0 N–H and O–H groups in total. The molecule has 0 aromatic heterocycles. The Balaban J connectivity index is 4.08. The van der Waals surface area contributed by atoms with Gasteiger partial charge >= 0.3 is 5.97 Å². The maximum atomic E-state index is 11.3. The highest BCUT2D eigenvalue weighted by Crippen LogP contribution is 2.05. The molecule has 0 aromatic rings. The van der Waals surface area contributed by atoms with E-state index in [9.17, 15) is 13.2 Å². The van der Waals surface area contributed by atoms with Crippen LogP contribution < -0.4 is 0 Å². The minimum atomic E-state index is -3.60. The Morgan fingerprint density at radius 3 is 2.43 bits per heavy atom. The van der Waals surface area contributed by atoms with Gasteiger partial charge in [-0.2, -0.15) is 8.42 Å². The van der Waals surface area contributed by atoms with E-state index in [0.717, 1.165) is 0 Å². The third-order valence-corrected chi connectivity index (χ3v) is 3.08. The van der Waals surface area contributed by atoms with Gasteiger partial charge in [-0.1, -0.05) is 6.92 Å². The highest BCUT2D eigenvalue weighted by atomic mass is 32.2. The second kappa shape index (κ2) is 5.98. The van der Waals surface area contributed by atoms with Crippen LogP contribution in [0.4, 0.5) is 0 Å². The smallest absolute Gasteiger partial charge is 0.302 e. The summed E-state index contributed by atoms with van der Waals surface area (Å²) in [5, 5.41) is -0.821. The number of hydrogen-bond acceptors (Lipinski definition) is 5. The molecule has 0 spiro atoms. The highest BCUT2D eigenvalue weighted by Gasteiger charge is 2.22. The first-order chi connectivity index (χ1) is 6.40. The lowest BCUT2D eigenvalue weighted by Gasteiger charge is -2.11. The number of hydrogen-bond donors (Lipinski definition) is 0. The van der Waals surface area contributed by atoms with Gasteiger partial charge in [0.25, 0.3) is 10.1 Å². The Hall–Kier alpha value is -0.620. The van der Waals surface area contributed by atoms with Crippen LogP contribution in [0.2, 0.25) is 0 Å². The quantitative estimate of drug-likeness (QED) is 0.490. The number of esters is 1. The van der Waals surface area contributed by atoms with E-state index in [-0.39, 0.29) is 13.2 Å². The van der Waals surface area contributed by atoms with E-state index in [2.05, 4.69) is 8.92 Å². The van der Waals surface area contributed by atoms with Gasteiger partial charge in [0.1, 0.15) is 11.9 Å². The van der Waals surface area contributed by atoms with E-state index in [1.54, 1.807) is 0 Å². The minimum absolute atomic E-state index is 0.159. The number of carbonyl (C=O) groups is 1. The number of carbonyl (C=O) groups excluding carboxylic acids is 1. The van der Waals surface area contributed by atoms with Crippen LogP contribution in [0.25, 0.3) is 0 Å². The second-order valence-electron chi connectivity index (χ2n) is 2.93. The van der Waals surface area contributed by atoms with Crippen LogP contribution in [0.15, 0.2) is 0 Å². The fourth-order valence-corrected chi connectivity index (χ4v) is 1.50. The molecular formula is C8H16O5S. The van der Waals surface area contributed by atoms with Crippen LogP contribution in [0.1, 0.15) is 27.2 Å². The predicted octanol–water partition coefficient (Wildman–Crippen LogP) is 0.694. The zero-order valence-electron chi connectivity index (χ0n) is 8.65. The zero-order chi connectivity index (χ0) is 11.2. The van der Waals surface area contributed by atoms with Gasteiger partial charge < -0.3 is 4.74 Å². The molecule has 1 atom stereocenters. The second-order valence-corrected chi connectivity index (χ2v) is 4.95. The van der Waals surface area contributed by atoms with E-state index in [1.807, 2.05) is 6.92 Å². The Labute approximate surface area is 84.5 Å². The molecule has 1 unspecified atom stereocenters. The van der Waals surface area contributed by atoms with Crippen LogP contribution in [0.3, 0.4) is 0 Å². The molecule has 14 heavy (non-hydrogen) atoms. The van der Waals surface area contributed by atoms with Crippen LogP contribution in [-0.2, 0) is 23.8 Å². The van der Waals surface area contributed by atoms with Crippen LogP contribution in [0.5, 0.6) is 0 Å². The van der Waals surface area contributed by atoms with Gasteiger partial charge in [-0.05, 0) is 13.3 Å². The fraction of sp³-hybridized carbons (Fsp3) is 0.875. The van der Waals surface area contributed by atoms with Crippen LogP contribution in [-0.4, -0.2) is 32.9 Å². The molecule has 0 amide bonds. The van der Waals surface area contributed by atoms with Crippen molar-refractivity contribution in [3.8, 4) is 0 Å². The third-order valence-electron chi connectivity index (χ3n) is 1.47. The number of rotatable bonds is 6. The van der Waals surface area contributed by atoms with Gasteiger partial charge in [0, 0.05) is 6.92 Å². The average Bonchev–Trinajstić information content (AvgIpc) is 2.10. The minimum Gasteiger partial charge on any atom is -0.464 e. The van der Waals surface area contributed by atoms with E-state index in [4.69, 9.17) is 0 Å². The molecule has 0 saturated carbocycles. The van der Waals surface area contributed by atoms with Crippen molar-refractivity contribution in [1.82, 2.24) is 0 Å². The molecule has 0 saturated heterocycles. The molecule has 0 heterocycles.